The van der Waals surface area contributed by atoms with Gasteiger partial charge in [-0.05, 0) is 44.0 Å². The Bertz CT molecular complexity index is 575. The van der Waals surface area contributed by atoms with E-state index in [2.05, 4.69) is 10.3 Å². The summed E-state index contributed by atoms with van der Waals surface area (Å²) in [6, 6.07) is 5.74. The Labute approximate surface area is 111 Å². The molecule has 0 fully saturated rings. The van der Waals surface area contributed by atoms with E-state index in [1.165, 1.54) is 5.56 Å². The third-order valence-corrected chi connectivity index (χ3v) is 3.80. The van der Waals surface area contributed by atoms with Gasteiger partial charge in [0.2, 0.25) is 0 Å². The van der Waals surface area contributed by atoms with Crippen LogP contribution in [0.1, 0.15) is 32.2 Å². The molecule has 0 bridgehead atoms. The summed E-state index contributed by atoms with van der Waals surface area (Å²) >= 11 is 1.57. The summed E-state index contributed by atoms with van der Waals surface area (Å²) in [6.45, 7) is 6.49. The summed E-state index contributed by atoms with van der Waals surface area (Å²) in [7, 11) is 0. The number of carbonyl (C=O) groups is 1. The van der Waals surface area contributed by atoms with Gasteiger partial charge in [-0.2, -0.15) is 0 Å². The zero-order chi connectivity index (χ0) is 13.1. The number of nitrogens with zero attached hydrogens (tertiary/aromatic N) is 1. The normalized spacial score (nSPS) is 10.4. The maximum absolute atomic E-state index is 12.0. The Kier molecular flexibility index (Phi) is 3.77. The number of rotatable bonds is 3. The lowest BCUT2D eigenvalue weighted by molar-refractivity contribution is 0.0951. The van der Waals surface area contributed by atoms with Gasteiger partial charge in [0.1, 0.15) is 5.01 Å². The molecule has 1 N–H and O–H groups in total. The van der Waals surface area contributed by atoms with E-state index in [4.69, 9.17) is 0 Å². The van der Waals surface area contributed by atoms with Gasteiger partial charge >= 0.3 is 0 Å². The molecule has 0 aliphatic rings. The average molecular weight is 260 g/mol. The first kappa shape index (κ1) is 12.8. The van der Waals surface area contributed by atoms with Crippen LogP contribution in [0.4, 0.5) is 0 Å². The van der Waals surface area contributed by atoms with E-state index in [-0.39, 0.29) is 5.91 Å². The lowest BCUT2D eigenvalue weighted by Crippen LogP contribution is -2.22. The largest absolute Gasteiger partial charge is 0.346 e. The summed E-state index contributed by atoms with van der Waals surface area (Å²) < 4.78 is 0. The number of amides is 1. The minimum atomic E-state index is -0.0500. The molecule has 0 unspecified atom stereocenters. The van der Waals surface area contributed by atoms with Crippen LogP contribution in [0.25, 0.3) is 0 Å². The number of thiazole rings is 1. The minimum Gasteiger partial charge on any atom is -0.346 e. The smallest absolute Gasteiger partial charge is 0.251 e. The summed E-state index contributed by atoms with van der Waals surface area (Å²) in [5, 5.41) is 5.80. The van der Waals surface area contributed by atoms with Gasteiger partial charge < -0.3 is 5.32 Å². The second-order valence-corrected chi connectivity index (χ2v) is 5.31. The lowest BCUT2D eigenvalue weighted by Gasteiger charge is -2.05. The molecule has 18 heavy (non-hydrogen) atoms. The number of benzene rings is 1. The maximum Gasteiger partial charge on any atom is 0.251 e. The van der Waals surface area contributed by atoms with E-state index >= 15 is 0 Å². The third-order valence-electron chi connectivity index (χ3n) is 2.84. The van der Waals surface area contributed by atoms with Gasteiger partial charge in [-0.1, -0.05) is 6.07 Å². The van der Waals surface area contributed by atoms with Crippen molar-refractivity contribution in [2.45, 2.75) is 27.3 Å². The minimum absolute atomic E-state index is 0.0500. The number of aromatic nitrogens is 1. The van der Waals surface area contributed by atoms with Crippen molar-refractivity contribution in [3.05, 3.63) is 51.0 Å². The molecule has 0 radical (unpaired) electrons. The van der Waals surface area contributed by atoms with Crippen molar-refractivity contribution in [1.29, 1.82) is 0 Å². The van der Waals surface area contributed by atoms with Crippen LogP contribution in [-0.2, 0) is 6.54 Å². The molecule has 2 aromatic rings. The van der Waals surface area contributed by atoms with Gasteiger partial charge in [-0.15, -0.1) is 11.3 Å². The SMILES string of the molecule is Cc1csc(CNC(=O)c2ccc(C)c(C)c2)n1. The van der Waals surface area contributed by atoms with Crippen LogP contribution >= 0.6 is 11.3 Å². The van der Waals surface area contributed by atoms with E-state index in [1.54, 1.807) is 11.3 Å². The van der Waals surface area contributed by atoms with Crippen molar-refractivity contribution >= 4 is 17.2 Å². The molecule has 0 saturated carbocycles. The monoisotopic (exact) mass is 260 g/mol. The maximum atomic E-state index is 12.0. The fourth-order valence-electron chi connectivity index (χ4n) is 1.62. The van der Waals surface area contributed by atoms with Crippen molar-refractivity contribution in [2.75, 3.05) is 0 Å². The third kappa shape index (κ3) is 2.96. The van der Waals surface area contributed by atoms with Crippen molar-refractivity contribution in [1.82, 2.24) is 10.3 Å². The van der Waals surface area contributed by atoms with Crippen LogP contribution < -0.4 is 5.32 Å². The molecule has 1 aromatic heterocycles. The fraction of sp³-hybridized carbons (Fsp3) is 0.286. The topological polar surface area (TPSA) is 42.0 Å². The molecule has 4 heteroatoms. The van der Waals surface area contributed by atoms with E-state index in [0.717, 1.165) is 16.3 Å². The van der Waals surface area contributed by atoms with E-state index in [9.17, 15) is 4.79 Å². The number of nitrogens with one attached hydrogen (secondary N) is 1. The van der Waals surface area contributed by atoms with E-state index < -0.39 is 0 Å². The van der Waals surface area contributed by atoms with Crippen LogP contribution in [0.15, 0.2) is 23.6 Å². The van der Waals surface area contributed by atoms with Crippen molar-refractivity contribution in [3.63, 3.8) is 0 Å². The lowest BCUT2D eigenvalue weighted by atomic mass is 10.1. The van der Waals surface area contributed by atoms with Crippen LogP contribution in [0, 0.1) is 20.8 Å². The standard InChI is InChI=1S/C14H16N2OS/c1-9-4-5-12(6-10(9)2)14(17)15-7-13-16-11(3)8-18-13/h4-6,8H,7H2,1-3H3,(H,15,17). The summed E-state index contributed by atoms with van der Waals surface area (Å²) in [6.07, 6.45) is 0. The molecule has 3 nitrogen and oxygen atoms in total. The van der Waals surface area contributed by atoms with Crippen molar-refractivity contribution in [3.8, 4) is 0 Å². The molecule has 94 valence electrons. The quantitative estimate of drug-likeness (QED) is 0.921. The highest BCUT2D eigenvalue weighted by molar-refractivity contribution is 7.09. The molecule has 0 spiro atoms. The van der Waals surface area contributed by atoms with Gasteiger partial charge in [0.15, 0.2) is 0 Å². The molecule has 0 aliphatic heterocycles. The molecular weight excluding hydrogens is 244 g/mol. The highest BCUT2D eigenvalue weighted by atomic mass is 32.1. The second kappa shape index (κ2) is 5.31. The summed E-state index contributed by atoms with van der Waals surface area (Å²) in [5.74, 6) is -0.0500. The summed E-state index contributed by atoms with van der Waals surface area (Å²) in [5.41, 5.74) is 4.02. The predicted octanol–water partition coefficient (Wildman–Crippen LogP) is 3.00. The molecule has 0 aliphatic carbocycles. The highest BCUT2D eigenvalue weighted by Crippen LogP contribution is 2.11. The Hall–Kier alpha value is -1.68. The molecule has 1 aromatic carbocycles. The van der Waals surface area contributed by atoms with Crippen LogP contribution in [-0.4, -0.2) is 10.9 Å². The molecule has 1 heterocycles. The van der Waals surface area contributed by atoms with Crippen LogP contribution in [0.2, 0.25) is 0 Å². The highest BCUT2D eigenvalue weighted by Gasteiger charge is 2.07. The van der Waals surface area contributed by atoms with Gasteiger partial charge in [-0.3, -0.25) is 4.79 Å². The summed E-state index contributed by atoms with van der Waals surface area (Å²) in [4.78, 5) is 16.3. The first-order valence-electron chi connectivity index (χ1n) is 5.82. The molecular formula is C14H16N2OS. The molecule has 1 amide bonds. The van der Waals surface area contributed by atoms with Crippen molar-refractivity contribution in [2.24, 2.45) is 0 Å². The van der Waals surface area contributed by atoms with Gasteiger partial charge in [0.25, 0.3) is 5.91 Å². The van der Waals surface area contributed by atoms with Crippen LogP contribution in [0.3, 0.4) is 0 Å². The van der Waals surface area contributed by atoms with Gasteiger partial charge in [0.05, 0.1) is 6.54 Å². The molecule has 0 saturated heterocycles. The number of hydrogen-bond acceptors (Lipinski definition) is 3. The van der Waals surface area contributed by atoms with Crippen molar-refractivity contribution < 1.29 is 4.79 Å². The van der Waals surface area contributed by atoms with Gasteiger partial charge in [-0.25, -0.2) is 4.98 Å². The zero-order valence-electron chi connectivity index (χ0n) is 10.8. The van der Waals surface area contributed by atoms with E-state index in [0.29, 0.717) is 12.1 Å². The second-order valence-electron chi connectivity index (χ2n) is 4.36. The van der Waals surface area contributed by atoms with Gasteiger partial charge in [0, 0.05) is 16.6 Å². The first-order chi connectivity index (χ1) is 8.56. The molecule has 2 rings (SSSR count). The van der Waals surface area contributed by atoms with Crippen LogP contribution in [0.5, 0.6) is 0 Å². The van der Waals surface area contributed by atoms with E-state index in [1.807, 2.05) is 44.4 Å². The Morgan fingerprint density at radius 1 is 1.28 bits per heavy atom. The first-order valence-corrected chi connectivity index (χ1v) is 6.70. The Morgan fingerprint density at radius 2 is 2.06 bits per heavy atom. The molecule has 0 atom stereocenters. The Balaban J connectivity index is 2.01. The fourth-order valence-corrected chi connectivity index (χ4v) is 2.34. The number of hydrogen-bond donors (Lipinski definition) is 1. The number of carbonyl (C=O) groups excluding carboxylic acids is 1. The Morgan fingerprint density at radius 3 is 2.67 bits per heavy atom. The zero-order valence-corrected chi connectivity index (χ0v) is 11.6. The number of aryl methyl sites for hydroxylation is 3. The predicted molar refractivity (Wildman–Crippen MR) is 73.9 cm³/mol. The average Bonchev–Trinajstić information content (AvgIpc) is 2.75.